The SMILES string of the molecule is CCCCCCCCCCCCCC=CC=C(C)C(=O)O. The molecule has 2 heteroatoms. The van der Waals surface area contributed by atoms with Gasteiger partial charge in [0.2, 0.25) is 0 Å². The van der Waals surface area contributed by atoms with Crippen LogP contribution in [0, 0.1) is 0 Å². The van der Waals surface area contributed by atoms with Crippen LogP contribution >= 0.6 is 0 Å². The Hall–Kier alpha value is -1.05. The molecule has 0 amide bonds. The normalized spacial score (nSPS) is 12.2. The van der Waals surface area contributed by atoms with E-state index in [2.05, 4.69) is 13.0 Å². The molecule has 0 aromatic carbocycles. The first-order valence-corrected chi connectivity index (χ1v) is 8.75. The van der Waals surface area contributed by atoms with Gasteiger partial charge in [0.25, 0.3) is 0 Å². The molecule has 0 saturated heterocycles. The molecule has 0 saturated carbocycles. The zero-order chi connectivity index (χ0) is 15.8. The molecule has 0 aromatic rings. The van der Waals surface area contributed by atoms with Crippen LogP contribution in [0.3, 0.4) is 0 Å². The summed E-state index contributed by atoms with van der Waals surface area (Å²) in [4.78, 5) is 10.6. The van der Waals surface area contributed by atoms with Gasteiger partial charge in [-0.25, -0.2) is 4.79 Å². The molecule has 0 fully saturated rings. The molecule has 0 rings (SSSR count). The summed E-state index contributed by atoms with van der Waals surface area (Å²) in [5.41, 5.74) is 0.394. The predicted octanol–water partition coefficient (Wildman–Crippen LogP) is 6.27. The molecule has 0 bridgehead atoms. The second-order valence-electron chi connectivity index (χ2n) is 5.91. The highest BCUT2D eigenvalue weighted by Crippen LogP contribution is 2.12. The summed E-state index contributed by atoms with van der Waals surface area (Å²) in [5, 5.41) is 8.68. The van der Waals surface area contributed by atoms with E-state index in [4.69, 9.17) is 5.11 Å². The maximum atomic E-state index is 10.6. The monoisotopic (exact) mass is 294 g/mol. The zero-order valence-corrected chi connectivity index (χ0v) is 14.1. The molecular weight excluding hydrogens is 260 g/mol. The topological polar surface area (TPSA) is 37.3 Å². The Morgan fingerprint density at radius 2 is 1.33 bits per heavy atom. The molecule has 0 aliphatic carbocycles. The van der Waals surface area contributed by atoms with Crippen molar-refractivity contribution in [1.29, 1.82) is 0 Å². The molecule has 1 N–H and O–H groups in total. The van der Waals surface area contributed by atoms with Crippen molar-refractivity contribution in [2.75, 3.05) is 0 Å². The lowest BCUT2D eigenvalue weighted by Gasteiger charge is -2.01. The summed E-state index contributed by atoms with van der Waals surface area (Å²) in [6.45, 7) is 3.88. The van der Waals surface area contributed by atoms with E-state index >= 15 is 0 Å². The van der Waals surface area contributed by atoms with Gasteiger partial charge in [0.05, 0.1) is 0 Å². The lowest BCUT2D eigenvalue weighted by atomic mass is 10.1. The summed E-state index contributed by atoms with van der Waals surface area (Å²) >= 11 is 0. The van der Waals surface area contributed by atoms with Gasteiger partial charge in [0.1, 0.15) is 0 Å². The predicted molar refractivity (Wildman–Crippen MR) is 91.6 cm³/mol. The minimum Gasteiger partial charge on any atom is -0.478 e. The fourth-order valence-corrected chi connectivity index (χ4v) is 2.31. The van der Waals surface area contributed by atoms with Crippen LogP contribution in [0.25, 0.3) is 0 Å². The van der Waals surface area contributed by atoms with Crippen molar-refractivity contribution in [1.82, 2.24) is 0 Å². The molecule has 0 spiro atoms. The third-order valence-corrected chi connectivity index (χ3v) is 3.79. The number of rotatable bonds is 14. The Bertz CT molecular complexity index is 303. The first kappa shape index (κ1) is 19.9. The van der Waals surface area contributed by atoms with Crippen molar-refractivity contribution >= 4 is 5.97 Å². The average molecular weight is 294 g/mol. The molecule has 2 nitrogen and oxygen atoms in total. The van der Waals surface area contributed by atoms with Crippen LogP contribution in [-0.4, -0.2) is 11.1 Å². The lowest BCUT2D eigenvalue weighted by Crippen LogP contribution is -1.94. The van der Waals surface area contributed by atoms with Crippen LogP contribution in [0.2, 0.25) is 0 Å². The summed E-state index contributed by atoms with van der Waals surface area (Å²) in [5.74, 6) is -0.839. The highest BCUT2D eigenvalue weighted by Gasteiger charge is 1.95. The maximum Gasteiger partial charge on any atom is 0.331 e. The molecule has 0 radical (unpaired) electrons. The van der Waals surface area contributed by atoms with Gasteiger partial charge in [-0.1, -0.05) is 89.4 Å². The van der Waals surface area contributed by atoms with E-state index in [1.807, 2.05) is 6.08 Å². The summed E-state index contributed by atoms with van der Waals surface area (Å²) < 4.78 is 0. The number of carbonyl (C=O) groups is 1. The van der Waals surface area contributed by atoms with Crippen LogP contribution in [0.4, 0.5) is 0 Å². The minimum atomic E-state index is -0.839. The van der Waals surface area contributed by atoms with E-state index in [0.29, 0.717) is 5.57 Å². The number of unbranched alkanes of at least 4 members (excludes halogenated alkanes) is 11. The first-order chi connectivity index (χ1) is 10.2. The number of carboxylic acid groups (broad SMARTS) is 1. The quantitative estimate of drug-likeness (QED) is 0.233. The van der Waals surface area contributed by atoms with Gasteiger partial charge in [-0.3, -0.25) is 0 Å². The third-order valence-electron chi connectivity index (χ3n) is 3.79. The molecule has 0 atom stereocenters. The van der Waals surface area contributed by atoms with Crippen molar-refractivity contribution in [2.45, 2.75) is 90.9 Å². The molecule has 0 aliphatic rings. The molecule has 0 aromatic heterocycles. The standard InChI is InChI=1S/C19H34O2/c1-3-4-5-6-7-8-9-10-11-12-13-14-15-16-17-18(2)19(20)21/h15-17H,3-14H2,1-2H3,(H,20,21). The van der Waals surface area contributed by atoms with Crippen molar-refractivity contribution in [3.8, 4) is 0 Å². The van der Waals surface area contributed by atoms with E-state index in [0.717, 1.165) is 6.42 Å². The van der Waals surface area contributed by atoms with Gasteiger partial charge in [0, 0.05) is 5.57 Å². The second kappa shape index (κ2) is 15.3. The van der Waals surface area contributed by atoms with E-state index in [9.17, 15) is 4.79 Å². The molecule has 21 heavy (non-hydrogen) atoms. The average Bonchev–Trinajstić information content (AvgIpc) is 2.47. The summed E-state index contributed by atoms with van der Waals surface area (Å²) in [6, 6.07) is 0. The van der Waals surface area contributed by atoms with Gasteiger partial charge in [-0.05, 0) is 19.8 Å². The van der Waals surface area contributed by atoms with Crippen molar-refractivity contribution < 1.29 is 9.90 Å². The number of hydrogen-bond acceptors (Lipinski definition) is 1. The van der Waals surface area contributed by atoms with Crippen molar-refractivity contribution in [3.05, 3.63) is 23.8 Å². The largest absolute Gasteiger partial charge is 0.478 e. The zero-order valence-electron chi connectivity index (χ0n) is 14.1. The maximum absolute atomic E-state index is 10.6. The van der Waals surface area contributed by atoms with Gasteiger partial charge < -0.3 is 5.11 Å². The van der Waals surface area contributed by atoms with Crippen molar-refractivity contribution in [2.24, 2.45) is 0 Å². The smallest absolute Gasteiger partial charge is 0.331 e. The highest BCUT2D eigenvalue weighted by molar-refractivity contribution is 5.86. The fourth-order valence-electron chi connectivity index (χ4n) is 2.31. The minimum absolute atomic E-state index is 0.394. The molecule has 0 heterocycles. The van der Waals surface area contributed by atoms with Crippen LogP contribution in [0.1, 0.15) is 90.9 Å². The number of aliphatic carboxylic acids is 1. The Morgan fingerprint density at radius 3 is 1.81 bits per heavy atom. The fraction of sp³-hybridized carbons (Fsp3) is 0.737. The van der Waals surface area contributed by atoms with Crippen LogP contribution in [-0.2, 0) is 4.79 Å². The van der Waals surface area contributed by atoms with E-state index < -0.39 is 5.97 Å². The summed E-state index contributed by atoms with van der Waals surface area (Å²) in [7, 11) is 0. The van der Waals surface area contributed by atoms with E-state index in [-0.39, 0.29) is 0 Å². The highest BCUT2D eigenvalue weighted by atomic mass is 16.4. The van der Waals surface area contributed by atoms with Gasteiger partial charge >= 0.3 is 5.97 Å². The first-order valence-electron chi connectivity index (χ1n) is 8.75. The lowest BCUT2D eigenvalue weighted by molar-refractivity contribution is -0.132. The van der Waals surface area contributed by atoms with Gasteiger partial charge in [-0.15, -0.1) is 0 Å². The Labute approximate surface area is 131 Å². The number of carboxylic acids is 1. The van der Waals surface area contributed by atoms with E-state index in [1.54, 1.807) is 13.0 Å². The van der Waals surface area contributed by atoms with Gasteiger partial charge in [0.15, 0.2) is 0 Å². The summed E-state index contributed by atoms with van der Waals surface area (Å²) in [6.07, 6.45) is 21.6. The third kappa shape index (κ3) is 15.2. The Balaban J connectivity index is 3.24. The van der Waals surface area contributed by atoms with Crippen molar-refractivity contribution in [3.63, 3.8) is 0 Å². The van der Waals surface area contributed by atoms with Crippen LogP contribution in [0.5, 0.6) is 0 Å². The molecule has 122 valence electrons. The Morgan fingerprint density at radius 1 is 0.857 bits per heavy atom. The Kier molecular flexibility index (Phi) is 14.6. The number of allylic oxidation sites excluding steroid dienone is 3. The second-order valence-corrected chi connectivity index (χ2v) is 5.91. The number of hydrogen-bond donors (Lipinski definition) is 1. The van der Waals surface area contributed by atoms with Gasteiger partial charge in [-0.2, -0.15) is 0 Å². The molecular formula is C19H34O2. The molecule has 0 unspecified atom stereocenters. The van der Waals surface area contributed by atoms with E-state index in [1.165, 1.54) is 70.6 Å². The van der Waals surface area contributed by atoms with Crippen LogP contribution in [0.15, 0.2) is 23.8 Å². The molecule has 0 aliphatic heterocycles. The van der Waals surface area contributed by atoms with Crippen LogP contribution < -0.4 is 0 Å².